The normalized spacial score (nSPS) is 16.8. The Hall–Kier alpha value is -5.38. The Balaban J connectivity index is 1.22. The molecular formula is C45H58F3N7O10S. The number of hydrogen-bond donors (Lipinski definition) is 2. The summed E-state index contributed by atoms with van der Waals surface area (Å²) in [7, 11) is -3.01. The van der Waals surface area contributed by atoms with Gasteiger partial charge in [-0.2, -0.15) is 17.5 Å². The number of aryl methyl sites for hydroxylation is 3. The highest BCUT2D eigenvalue weighted by molar-refractivity contribution is 7.89. The van der Waals surface area contributed by atoms with Crippen molar-refractivity contribution in [1.29, 1.82) is 0 Å². The number of nitrogens with one attached hydrogen (secondary N) is 2. The van der Waals surface area contributed by atoms with Gasteiger partial charge in [0.15, 0.2) is 5.65 Å². The molecule has 4 aromatic rings. The molecule has 17 nitrogen and oxygen atoms in total. The Labute approximate surface area is 382 Å². The van der Waals surface area contributed by atoms with E-state index in [1.54, 1.807) is 47.6 Å². The Morgan fingerprint density at radius 2 is 1.65 bits per heavy atom. The van der Waals surface area contributed by atoms with E-state index >= 15 is 0 Å². The van der Waals surface area contributed by atoms with Gasteiger partial charge in [-0.05, 0) is 101 Å². The third kappa shape index (κ3) is 11.4. The number of nitrogens with zero attached hydrogens (tertiary/aromatic N) is 5. The number of benzene rings is 1. The van der Waals surface area contributed by atoms with Crippen molar-refractivity contribution < 1.29 is 59.7 Å². The zero-order valence-corrected chi connectivity index (χ0v) is 39.3. The summed E-state index contributed by atoms with van der Waals surface area (Å²) in [4.78, 5) is 42.5. The van der Waals surface area contributed by atoms with Gasteiger partial charge in [0, 0.05) is 56.7 Å². The average molecular weight is 946 g/mol. The summed E-state index contributed by atoms with van der Waals surface area (Å²) in [6.45, 7) is 13.6. The summed E-state index contributed by atoms with van der Waals surface area (Å²) in [5.41, 5.74) is 0.387. The number of carbonyl (C=O) groups is 3. The number of fused-ring (bicyclic) bond motifs is 2. The van der Waals surface area contributed by atoms with E-state index in [4.69, 9.17) is 23.7 Å². The van der Waals surface area contributed by atoms with E-state index in [0.717, 1.165) is 9.96 Å². The Morgan fingerprint density at radius 1 is 0.955 bits per heavy atom. The number of methoxy groups -OCH3 is 1. The molecule has 6 rings (SSSR count). The fourth-order valence-electron chi connectivity index (χ4n) is 8.24. The van der Waals surface area contributed by atoms with Crippen LogP contribution in [-0.4, -0.2) is 115 Å². The summed E-state index contributed by atoms with van der Waals surface area (Å²) in [5.74, 6) is -2.87. The Kier molecular flexibility index (Phi) is 15.0. The van der Waals surface area contributed by atoms with Crippen LogP contribution in [-0.2, 0) is 57.7 Å². The van der Waals surface area contributed by atoms with Crippen molar-refractivity contribution in [2.45, 2.75) is 109 Å². The van der Waals surface area contributed by atoms with E-state index in [1.165, 1.54) is 29.7 Å². The zero-order valence-electron chi connectivity index (χ0n) is 38.5. The van der Waals surface area contributed by atoms with Gasteiger partial charge in [0.1, 0.15) is 16.1 Å². The van der Waals surface area contributed by atoms with Gasteiger partial charge in [-0.25, -0.2) is 18.2 Å². The molecule has 1 atom stereocenters. The standard InChI is InChI=1S/C45H58F3N7O10S/c1-28-9-10-30(36(43(6,7)40(57)61-8)33-15-20-55-37(29(33)2)52-53-39(55)45(46,47)48)25-31(28)26-54-27-44(16-21-62-22-17-44)64-38-34(66(54,59)60)13-11-32(51-38)12-14-35(56)49-18-23-63-24-19-50-41(58)65-42(3,4)5/h9-11,13,15,20,25,36H,12,14,16-19,21-24,26-27H2,1-8H3,(H,49,56)(H,50,58). The van der Waals surface area contributed by atoms with Gasteiger partial charge in [0.05, 0.1) is 45.5 Å². The minimum absolute atomic E-state index is 0.0290. The first-order chi connectivity index (χ1) is 31.0. The SMILES string of the molecule is COC(=O)C(C)(C)C(c1ccc(C)c(CN2CC3(CCOCC3)Oc3nc(CCC(=O)NCCOCCNC(=O)OC(C)(C)C)ccc3S2(=O)=O)c1)c1ccn2c(C(F)(F)F)nnc2c1C. The second kappa shape index (κ2) is 19.8. The first-order valence-electron chi connectivity index (χ1n) is 21.6. The molecule has 2 amide bonds. The number of aromatic nitrogens is 4. The summed E-state index contributed by atoms with van der Waals surface area (Å²) in [6.07, 6.45) is -3.06. The number of halogens is 3. The quantitative estimate of drug-likeness (QED) is 0.107. The van der Waals surface area contributed by atoms with Gasteiger partial charge in [0.2, 0.25) is 27.6 Å². The first kappa shape index (κ1) is 50.0. The van der Waals surface area contributed by atoms with E-state index in [0.29, 0.717) is 54.0 Å². The van der Waals surface area contributed by atoms with Gasteiger partial charge in [-0.15, -0.1) is 10.2 Å². The second-order valence-electron chi connectivity index (χ2n) is 18.1. The van der Waals surface area contributed by atoms with Gasteiger partial charge in [0.25, 0.3) is 0 Å². The number of esters is 1. The lowest BCUT2D eigenvalue weighted by atomic mass is 9.70. The van der Waals surface area contributed by atoms with Crippen LogP contribution in [0.5, 0.6) is 5.88 Å². The van der Waals surface area contributed by atoms with Crippen LogP contribution < -0.4 is 15.4 Å². The van der Waals surface area contributed by atoms with Gasteiger partial charge >= 0.3 is 18.2 Å². The maximum absolute atomic E-state index is 14.7. The van der Waals surface area contributed by atoms with Crippen LogP contribution in [0.2, 0.25) is 0 Å². The number of pyridine rings is 2. The van der Waals surface area contributed by atoms with Crippen LogP contribution in [0.4, 0.5) is 18.0 Å². The second-order valence-corrected chi connectivity index (χ2v) is 20.0. The molecule has 3 aromatic heterocycles. The number of alkyl carbamates (subject to hydrolysis) is 1. The van der Waals surface area contributed by atoms with E-state index in [9.17, 15) is 36.0 Å². The third-order valence-electron chi connectivity index (χ3n) is 11.7. The number of hydrogen-bond acceptors (Lipinski definition) is 13. The van der Waals surface area contributed by atoms with Crippen molar-refractivity contribution in [1.82, 2.24) is 34.5 Å². The lowest BCUT2D eigenvalue weighted by molar-refractivity contribution is -0.151. The molecule has 0 saturated carbocycles. The van der Waals surface area contributed by atoms with Crippen LogP contribution in [0, 0.1) is 19.3 Å². The highest BCUT2D eigenvalue weighted by Gasteiger charge is 2.47. The van der Waals surface area contributed by atoms with Crippen LogP contribution in [0.25, 0.3) is 5.65 Å². The maximum atomic E-state index is 14.7. The molecule has 1 unspecified atom stereocenters. The van der Waals surface area contributed by atoms with Gasteiger partial charge in [-0.1, -0.05) is 18.2 Å². The highest BCUT2D eigenvalue weighted by Crippen LogP contribution is 2.45. The summed E-state index contributed by atoms with van der Waals surface area (Å²) < 4.78 is 101. The average Bonchev–Trinajstić information content (AvgIpc) is 3.67. The molecule has 1 saturated heterocycles. The van der Waals surface area contributed by atoms with Crippen molar-refractivity contribution in [2.24, 2.45) is 5.41 Å². The number of carbonyl (C=O) groups excluding carboxylic acids is 3. The van der Waals surface area contributed by atoms with Crippen molar-refractivity contribution in [3.63, 3.8) is 0 Å². The van der Waals surface area contributed by atoms with Crippen LogP contribution in [0.3, 0.4) is 0 Å². The van der Waals surface area contributed by atoms with Gasteiger partial charge in [-0.3, -0.25) is 14.0 Å². The molecule has 1 fully saturated rings. The molecule has 0 aliphatic carbocycles. The minimum atomic E-state index is -4.76. The summed E-state index contributed by atoms with van der Waals surface area (Å²) in [6, 6.07) is 9.97. The zero-order chi connectivity index (χ0) is 48.2. The monoisotopic (exact) mass is 945 g/mol. The van der Waals surface area contributed by atoms with E-state index in [1.807, 2.05) is 25.1 Å². The largest absolute Gasteiger partial charge is 0.469 e. The highest BCUT2D eigenvalue weighted by atomic mass is 32.2. The number of sulfonamides is 1. The number of alkyl halides is 3. The smallest absolute Gasteiger partial charge is 0.452 e. The lowest BCUT2D eigenvalue weighted by Gasteiger charge is -2.38. The Bertz CT molecular complexity index is 2540. The molecule has 0 radical (unpaired) electrons. The molecule has 66 heavy (non-hydrogen) atoms. The van der Waals surface area contributed by atoms with Crippen molar-refractivity contribution in [3.05, 3.63) is 81.9 Å². The van der Waals surface area contributed by atoms with Crippen molar-refractivity contribution >= 4 is 33.6 Å². The van der Waals surface area contributed by atoms with Crippen LogP contribution in [0.15, 0.2) is 47.5 Å². The lowest BCUT2D eigenvalue weighted by Crippen LogP contribution is -2.50. The Morgan fingerprint density at radius 3 is 2.32 bits per heavy atom. The molecule has 1 spiro atoms. The van der Waals surface area contributed by atoms with E-state index in [-0.39, 0.29) is 74.6 Å². The summed E-state index contributed by atoms with van der Waals surface area (Å²) >= 11 is 0. The van der Waals surface area contributed by atoms with E-state index < -0.39 is 56.6 Å². The topological polar surface area (TPSA) is 202 Å². The molecule has 2 N–H and O–H groups in total. The molecule has 1 aromatic carbocycles. The van der Waals surface area contributed by atoms with Crippen LogP contribution >= 0.6 is 0 Å². The van der Waals surface area contributed by atoms with Crippen molar-refractivity contribution in [2.75, 3.05) is 53.2 Å². The fourth-order valence-corrected chi connectivity index (χ4v) is 9.78. The molecular weight excluding hydrogens is 888 g/mol. The summed E-state index contributed by atoms with van der Waals surface area (Å²) in [5, 5.41) is 12.6. The number of ether oxygens (including phenoxy) is 5. The predicted octanol–water partition coefficient (Wildman–Crippen LogP) is 5.81. The first-order valence-corrected chi connectivity index (χ1v) is 23.1. The molecule has 2 aliphatic rings. The molecule has 5 heterocycles. The fraction of sp³-hybridized carbons (Fsp3) is 0.556. The minimum Gasteiger partial charge on any atom is -0.469 e. The van der Waals surface area contributed by atoms with Crippen LogP contribution in [0.1, 0.15) is 99.1 Å². The molecule has 360 valence electrons. The predicted molar refractivity (Wildman–Crippen MR) is 233 cm³/mol. The number of rotatable bonds is 15. The van der Waals surface area contributed by atoms with Crippen molar-refractivity contribution in [3.8, 4) is 5.88 Å². The molecule has 21 heteroatoms. The number of amides is 2. The van der Waals surface area contributed by atoms with Gasteiger partial charge < -0.3 is 34.3 Å². The van der Waals surface area contributed by atoms with E-state index in [2.05, 4.69) is 25.8 Å². The third-order valence-corrected chi connectivity index (χ3v) is 13.5. The molecule has 2 aliphatic heterocycles. The molecule has 0 bridgehead atoms. The maximum Gasteiger partial charge on any atom is 0.452 e.